The molecular weight excluding hydrogens is 476 g/mol. The molecule has 1 aliphatic heterocycles. The quantitative estimate of drug-likeness (QED) is 0.310. The lowest BCUT2D eigenvalue weighted by atomic mass is 9.94. The molecule has 0 spiro atoms. The van der Waals surface area contributed by atoms with Gasteiger partial charge < -0.3 is 20.9 Å². The number of carbonyl (C=O) groups is 3. The van der Waals surface area contributed by atoms with E-state index in [0.717, 1.165) is 35.8 Å². The Morgan fingerprint density at radius 2 is 1.74 bits per heavy atom. The highest BCUT2D eigenvalue weighted by Crippen LogP contribution is 2.26. The SMILES string of the molecule is CC(C)CNC/C=C/CNC(=O)C(Cc1ccc2ccccc2c1)NC(=O)C1CCCN1C(=O)C(C)(C)C. The molecule has 2 unspecified atom stereocenters. The van der Waals surface area contributed by atoms with E-state index in [1.165, 1.54) is 0 Å². The van der Waals surface area contributed by atoms with E-state index in [1.807, 2.05) is 69.3 Å². The Kier molecular flexibility index (Phi) is 10.5. The zero-order valence-electron chi connectivity index (χ0n) is 23.5. The second kappa shape index (κ2) is 13.6. The van der Waals surface area contributed by atoms with Gasteiger partial charge in [0.2, 0.25) is 17.7 Å². The van der Waals surface area contributed by atoms with E-state index in [4.69, 9.17) is 0 Å². The van der Waals surface area contributed by atoms with Crippen LogP contribution in [0, 0.1) is 11.3 Å². The van der Waals surface area contributed by atoms with Gasteiger partial charge in [0.1, 0.15) is 12.1 Å². The van der Waals surface area contributed by atoms with Crippen molar-refractivity contribution in [2.45, 2.75) is 66.0 Å². The van der Waals surface area contributed by atoms with Gasteiger partial charge in [0, 0.05) is 31.5 Å². The molecule has 3 N–H and O–H groups in total. The van der Waals surface area contributed by atoms with Crippen LogP contribution in [0.3, 0.4) is 0 Å². The van der Waals surface area contributed by atoms with Crippen molar-refractivity contribution in [2.75, 3.05) is 26.2 Å². The summed E-state index contributed by atoms with van der Waals surface area (Å²) in [6.45, 7) is 12.5. The minimum absolute atomic E-state index is 0.0399. The second-order valence-corrected chi connectivity index (χ2v) is 11.6. The van der Waals surface area contributed by atoms with E-state index in [9.17, 15) is 14.4 Å². The molecule has 1 fully saturated rings. The van der Waals surface area contributed by atoms with Crippen molar-refractivity contribution >= 4 is 28.5 Å². The molecule has 3 amide bonds. The molecule has 206 valence electrons. The molecule has 0 bridgehead atoms. The van der Waals surface area contributed by atoms with Gasteiger partial charge in [0.25, 0.3) is 0 Å². The van der Waals surface area contributed by atoms with Crippen LogP contribution in [-0.4, -0.2) is 60.9 Å². The number of carbonyl (C=O) groups excluding carboxylic acids is 3. The van der Waals surface area contributed by atoms with Crippen LogP contribution in [0.4, 0.5) is 0 Å². The summed E-state index contributed by atoms with van der Waals surface area (Å²) in [6.07, 6.45) is 5.65. The molecule has 0 radical (unpaired) electrons. The van der Waals surface area contributed by atoms with E-state index >= 15 is 0 Å². The number of likely N-dealkylation sites (tertiary alicyclic amines) is 1. The minimum Gasteiger partial charge on any atom is -0.351 e. The fraction of sp³-hybridized carbons (Fsp3) is 0.516. The fourth-order valence-corrected chi connectivity index (χ4v) is 4.70. The van der Waals surface area contributed by atoms with Gasteiger partial charge in [-0.2, -0.15) is 0 Å². The van der Waals surface area contributed by atoms with Crippen LogP contribution in [-0.2, 0) is 20.8 Å². The minimum atomic E-state index is -0.747. The molecule has 1 heterocycles. The molecule has 38 heavy (non-hydrogen) atoms. The summed E-state index contributed by atoms with van der Waals surface area (Å²) in [5, 5.41) is 11.5. The number of nitrogens with one attached hydrogen (secondary N) is 3. The first-order valence-corrected chi connectivity index (χ1v) is 13.8. The van der Waals surface area contributed by atoms with E-state index in [2.05, 4.69) is 35.9 Å². The third-order valence-electron chi connectivity index (χ3n) is 6.72. The largest absolute Gasteiger partial charge is 0.351 e. The third kappa shape index (κ3) is 8.42. The third-order valence-corrected chi connectivity index (χ3v) is 6.72. The zero-order valence-corrected chi connectivity index (χ0v) is 23.5. The molecule has 7 nitrogen and oxygen atoms in total. The highest BCUT2D eigenvalue weighted by Gasteiger charge is 2.39. The second-order valence-electron chi connectivity index (χ2n) is 11.6. The van der Waals surface area contributed by atoms with Gasteiger partial charge in [0.15, 0.2) is 0 Å². The van der Waals surface area contributed by atoms with Crippen LogP contribution in [0.1, 0.15) is 53.0 Å². The molecule has 0 saturated carbocycles. The van der Waals surface area contributed by atoms with Gasteiger partial charge in [-0.15, -0.1) is 0 Å². The van der Waals surface area contributed by atoms with Crippen molar-refractivity contribution in [1.82, 2.24) is 20.9 Å². The molecule has 1 aliphatic rings. The maximum absolute atomic E-state index is 13.4. The molecule has 3 rings (SSSR count). The Hall–Kier alpha value is -3.19. The van der Waals surface area contributed by atoms with Crippen molar-refractivity contribution < 1.29 is 14.4 Å². The Balaban J connectivity index is 1.70. The van der Waals surface area contributed by atoms with Crippen LogP contribution in [0.25, 0.3) is 10.8 Å². The molecule has 7 heteroatoms. The summed E-state index contributed by atoms with van der Waals surface area (Å²) < 4.78 is 0. The van der Waals surface area contributed by atoms with Gasteiger partial charge in [-0.25, -0.2) is 0 Å². The first kappa shape index (κ1) is 29.4. The van der Waals surface area contributed by atoms with Crippen molar-refractivity contribution in [3.63, 3.8) is 0 Å². The summed E-state index contributed by atoms with van der Waals surface area (Å²) in [6, 6.07) is 12.9. The monoisotopic (exact) mass is 520 g/mol. The van der Waals surface area contributed by atoms with Crippen LogP contribution in [0.15, 0.2) is 54.6 Å². The maximum atomic E-state index is 13.4. The molecule has 1 saturated heterocycles. The summed E-state index contributed by atoms with van der Waals surface area (Å²) in [4.78, 5) is 41.3. The fourth-order valence-electron chi connectivity index (χ4n) is 4.70. The topological polar surface area (TPSA) is 90.5 Å². The van der Waals surface area contributed by atoms with E-state index in [1.54, 1.807) is 4.90 Å². The molecule has 2 atom stereocenters. The Labute approximate surface area is 227 Å². The van der Waals surface area contributed by atoms with Gasteiger partial charge in [-0.1, -0.05) is 89.2 Å². The highest BCUT2D eigenvalue weighted by molar-refractivity contribution is 5.93. The number of benzene rings is 2. The Morgan fingerprint density at radius 3 is 2.45 bits per heavy atom. The molecule has 0 aromatic heterocycles. The standard InChI is InChI=1S/C31H44N4O3/c1-22(2)21-32-16-8-9-17-33-28(36)26(20-23-14-15-24-11-6-7-12-25(24)19-23)34-29(37)27-13-10-18-35(27)30(38)31(3,4)5/h6-9,11-12,14-15,19,22,26-27,32H,10,13,16-18,20-21H2,1-5H3,(H,33,36)(H,34,37)/b9-8+. The van der Waals surface area contributed by atoms with Gasteiger partial charge in [-0.05, 0) is 41.6 Å². The average molecular weight is 521 g/mol. The number of hydrogen-bond acceptors (Lipinski definition) is 4. The molecule has 0 aliphatic carbocycles. The predicted molar refractivity (Wildman–Crippen MR) is 154 cm³/mol. The summed E-state index contributed by atoms with van der Waals surface area (Å²) in [5.74, 6) is 0.0337. The van der Waals surface area contributed by atoms with Crippen molar-refractivity contribution in [3.8, 4) is 0 Å². The predicted octanol–water partition coefficient (Wildman–Crippen LogP) is 3.82. The highest BCUT2D eigenvalue weighted by atomic mass is 16.2. The number of rotatable bonds is 11. The molecule has 2 aromatic rings. The molecular formula is C31H44N4O3. The smallest absolute Gasteiger partial charge is 0.243 e. The first-order chi connectivity index (χ1) is 18.1. The summed E-state index contributed by atoms with van der Waals surface area (Å²) in [5.41, 5.74) is 0.396. The molecule has 2 aromatic carbocycles. The summed E-state index contributed by atoms with van der Waals surface area (Å²) >= 11 is 0. The maximum Gasteiger partial charge on any atom is 0.243 e. The van der Waals surface area contributed by atoms with E-state index < -0.39 is 17.5 Å². The first-order valence-electron chi connectivity index (χ1n) is 13.8. The van der Waals surface area contributed by atoms with Gasteiger partial charge in [0.05, 0.1) is 0 Å². The lowest BCUT2D eigenvalue weighted by molar-refractivity contribution is -0.145. The summed E-state index contributed by atoms with van der Waals surface area (Å²) in [7, 11) is 0. The van der Waals surface area contributed by atoms with Crippen LogP contribution in [0.2, 0.25) is 0 Å². The van der Waals surface area contributed by atoms with Gasteiger partial charge in [-0.3, -0.25) is 14.4 Å². The normalized spacial score (nSPS) is 16.8. The van der Waals surface area contributed by atoms with Crippen LogP contribution < -0.4 is 16.0 Å². The lowest BCUT2D eigenvalue weighted by Gasteiger charge is -2.31. The lowest BCUT2D eigenvalue weighted by Crippen LogP contribution is -2.55. The van der Waals surface area contributed by atoms with Crippen molar-refractivity contribution in [3.05, 3.63) is 60.2 Å². The van der Waals surface area contributed by atoms with Gasteiger partial charge >= 0.3 is 0 Å². The van der Waals surface area contributed by atoms with Crippen molar-refractivity contribution in [1.29, 1.82) is 0 Å². The van der Waals surface area contributed by atoms with E-state index in [0.29, 0.717) is 31.8 Å². The van der Waals surface area contributed by atoms with Crippen LogP contribution in [0.5, 0.6) is 0 Å². The number of hydrogen-bond donors (Lipinski definition) is 3. The average Bonchev–Trinajstić information content (AvgIpc) is 3.36. The Bertz CT molecular complexity index is 1140. The van der Waals surface area contributed by atoms with E-state index in [-0.39, 0.29) is 17.7 Å². The van der Waals surface area contributed by atoms with Crippen molar-refractivity contribution in [2.24, 2.45) is 11.3 Å². The Morgan fingerprint density at radius 1 is 1.03 bits per heavy atom. The van der Waals surface area contributed by atoms with Crippen LogP contribution >= 0.6 is 0 Å². The number of amides is 3. The number of nitrogens with zero attached hydrogens (tertiary/aromatic N) is 1. The zero-order chi connectivity index (χ0) is 27.7. The number of fused-ring (bicyclic) bond motifs is 1.